The molecule has 0 spiro atoms. The van der Waals surface area contributed by atoms with E-state index in [0.717, 1.165) is 18.6 Å². The summed E-state index contributed by atoms with van der Waals surface area (Å²) < 4.78 is 20.3. The number of aliphatic carboxylic acids is 1. The van der Waals surface area contributed by atoms with E-state index in [2.05, 4.69) is 29.1 Å². The summed E-state index contributed by atoms with van der Waals surface area (Å²) in [5.74, 6) is -0.299. The minimum Gasteiger partial charge on any atom is -0.395 e. The number of nitrogens with two attached hydrogens (primary N) is 1. The van der Waals surface area contributed by atoms with Crippen LogP contribution in [0.1, 0.15) is 82.1 Å². The molecule has 0 unspecified atom stereocenters. The third-order valence-electron chi connectivity index (χ3n) is 5.05. The van der Waals surface area contributed by atoms with Gasteiger partial charge in [0.15, 0.2) is 0 Å². The average Bonchev–Trinajstić information content (AvgIpc) is 2.77. The van der Waals surface area contributed by atoms with Crippen molar-refractivity contribution >= 4 is 38.4 Å². The number of carboxylic acids is 1. The second-order valence-electron chi connectivity index (χ2n) is 12.3. The molecule has 0 saturated heterocycles. The predicted molar refractivity (Wildman–Crippen MR) is 157 cm³/mol. The van der Waals surface area contributed by atoms with Gasteiger partial charge in [-0.05, 0) is 12.3 Å². The summed E-state index contributed by atoms with van der Waals surface area (Å²) in [4.78, 5) is 30.4. The minimum absolute atomic E-state index is 0.0185. The molecule has 0 aliphatic carbocycles. The van der Waals surface area contributed by atoms with Crippen molar-refractivity contribution in [1.29, 1.82) is 0 Å². The van der Waals surface area contributed by atoms with Crippen molar-refractivity contribution in [2.24, 2.45) is 38.4 Å². The Balaban J connectivity index is -0.000000552. The molecule has 0 rings (SSSR count). The molecule has 0 saturated carbocycles. The Morgan fingerprint density at radius 3 is 1.49 bits per heavy atom. The molecule has 0 heterocycles. The zero-order chi connectivity index (χ0) is 31.4. The van der Waals surface area contributed by atoms with Gasteiger partial charge in [-0.2, -0.15) is 0 Å². The maximum absolute atomic E-state index is 12.2. The number of carboxylic acid groups (broad SMARTS) is 1. The van der Waals surface area contributed by atoms with Gasteiger partial charge >= 0.3 is 186 Å². The van der Waals surface area contributed by atoms with Crippen molar-refractivity contribution in [2.75, 3.05) is 13.2 Å². The summed E-state index contributed by atoms with van der Waals surface area (Å²) in [6.07, 6.45) is 3.70. The van der Waals surface area contributed by atoms with Gasteiger partial charge < -0.3 is 10.8 Å². The molecule has 224 valence electrons. The van der Waals surface area contributed by atoms with Crippen molar-refractivity contribution in [1.82, 2.24) is 5.32 Å². The van der Waals surface area contributed by atoms with Gasteiger partial charge in [0.25, 0.3) is 0 Å². The van der Waals surface area contributed by atoms with Crippen molar-refractivity contribution in [3.63, 3.8) is 0 Å². The summed E-state index contributed by atoms with van der Waals surface area (Å²) >= 11 is 0. The molecule has 11 nitrogen and oxygen atoms in total. The molecule has 0 radical (unpaired) electrons. The van der Waals surface area contributed by atoms with Gasteiger partial charge in [0.1, 0.15) is 0 Å². The molecular formula is C26H52B2N4O7. The number of hydrogen-bond acceptors (Lipinski definition) is 9. The van der Waals surface area contributed by atoms with E-state index < -0.39 is 23.5 Å². The van der Waals surface area contributed by atoms with Crippen LogP contribution in [-0.2, 0) is 19.0 Å². The van der Waals surface area contributed by atoms with Crippen LogP contribution in [0, 0.1) is 22.7 Å². The standard InChI is InChI=1S/C13H25BN2O3.C7H12BNO3.C6H15NO/c1-9(2)6-10(7-17)16-12(18)11(13(3,4)5)15-8-14-19;1-7(2,3)5(6(10)11)9-4-8-12;1-5(2)3-6(7)4-8/h8-11,17H,6-7H2,1-5H3,(H,16,18);4-5H,1-3H3,(H,10,11);5-6,8H,3-4,7H2,1-2H3/t10-,11+;5-;6-/m010/s1. The van der Waals surface area contributed by atoms with Crippen LogP contribution in [0.2, 0.25) is 0 Å². The number of carbonyl (C=O) groups excluding carboxylic acids is 1. The number of aliphatic imine (C=N–C) groups is 2. The maximum atomic E-state index is 12.2. The Morgan fingerprint density at radius 1 is 0.821 bits per heavy atom. The fourth-order valence-corrected chi connectivity index (χ4v) is 3.29. The SMILES string of the molecule is CC(C)(C)[C@H](N=CB=O)C(=O)O.CC(C)C[C@@H](CO)NC(=O)[C@@H](N=CB=O)C(C)(C)C.CC(C)C[C@H](N)CO. The molecule has 0 fully saturated rings. The Morgan fingerprint density at radius 2 is 1.23 bits per heavy atom. The van der Waals surface area contributed by atoms with Gasteiger partial charge in [0.05, 0.1) is 6.61 Å². The first kappa shape index (κ1) is 41.4. The third-order valence-corrected chi connectivity index (χ3v) is 5.05. The number of nitrogens with one attached hydrogen (secondary N) is 1. The van der Waals surface area contributed by atoms with Crippen LogP contribution in [0.3, 0.4) is 0 Å². The van der Waals surface area contributed by atoms with Gasteiger partial charge in [-0.25, -0.2) is 0 Å². The largest absolute Gasteiger partial charge is 0.395 e. The predicted octanol–water partition coefficient (Wildman–Crippen LogP) is 1.92. The van der Waals surface area contributed by atoms with E-state index >= 15 is 0 Å². The number of nitrogens with zero attached hydrogens (tertiary/aromatic N) is 2. The van der Waals surface area contributed by atoms with E-state index in [9.17, 15) is 24.1 Å². The van der Waals surface area contributed by atoms with Crippen LogP contribution in [0.5, 0.6) is 0 Å². The monoisotopic (exact) mass is 554 g/mol. The number of hydrogen-bond donors (Lipinski definition) is 5. The van der Waals surface area contributed by atoms with Crippen LogP contribution < -0.4 is 11.1 Å². The molecule has 13 heteroatoms. The molecule has 6 N–H and O–H groups in total. The summed E-state index contributed by atoms with van der Waals surface area (Å²) in [5, 5.41) is 29.2. The summed E-state index contributed by atoms with van der Waals surface area (Å²) in [5.41, 5.74) is 4.57. The maximum Gasteiger partial charge on any atom is 0.0582 e. The molecule has 0 aromatic rings. The summed E-state index contributed by atoms with van der Waals surface area (Å²) in [6, 6.07) is -1.79. The Kier molecular flexibility index (Phi) is 23.0. The summed E-state index contributed by atoms with van der Waals surface area (Å²) in [6.45, 7) is 19.2. The van der Waals surface area contributed by atoms with Crippen LogP contribution in [-0.4, -0.2) is 91.1 Å². The van der Waals surface area contributed by atoms with Crippen molar-refractivity contribution in [3.05, 3.63) is 0 Å². The van der Waals surface area contributed by atoms with Gasteiger partial charge in [-0.1, -0.05) is 13.8 Å². The molecule has 0 aliphatic rings. The Labute approximate surface area is 236 Å². The number of amides is 1. The van der Waals surface area contributed by atoms with Crippen LogP contribution >= 0.6 is 0 Å². The Bertz CT molecular complexity index is 764. The van der Waals surface area contributed by atoms with Gasteiger partial charge in [0.2, 0.25) is 0 Å². The van der Waals surface area contributed by atoms with E-state index in [1.807, 2.05) is 34.6 Å². The molecule has 39 heavy (non-hydrogen) atoms. The van der Waals surface area contributed by atoms with Crippen molar-refractivity contribution < 1.29 is 34.3 Å². The third kappa shape index (κ3) is 23.5. The first-order valence-electron chi connectivity index (χ1n) is 13.2. The van der Waals surface area contributed by atoms with Gasteiger partial charge in [-0.15, -0.1) is 0 Å². The second kappa shape index (κ2) is 21.7. The smallest absolute Gasteiger partial charge is 0.0582 e. The van der Waals surface area contributed by atoms with E-state index in [1.165, 1.54) is 0 Å². The molecule has 0 aromatic carbocycles. The normalized spacial score (nSPS) is 14.8. The Hall–Kier alpha value is -2.11. The molecule has 4 atom stereocenters. The zero-order valence-electron chi connectivity index (χ0n) is 25.5. The van der Waals surface area contributed by atoms with E-state index in [0.29, 0.717) is 32.6 Å². The minimum atomic E-state index is -1.01. The van der Waals surface area contributed by atoms with Gasteiger partial charge in [-0.3, -0.25) is 0 Å². The van der Waals surface area contributed by atoms with Crippen LogP contribution in [0.25, 0.3) is 0 Å². The van der Waals surface area contributed by atoms with E-state index in [4.69, 9.17) is 15.9 Å². The molecule has 0 aliphatic heterocycles. The van der Waals surface area contributed by atoms with Crippen LogP contribution in [0.15, 0.2) is 9.98 Å². The molecule has 1 amide bonds. The first-order chi connectivity index (χ1) is 17.8. The zero-order valence-corrected chi connectivity index (χ0v) is 25.5. The number of carbonyl (C=O) groups is 2. The fourth-order valence-electron chi connectivity index (χ4n) is 3.29. The fraction of sp³-hybridized carbons (Fsp3) is 0.846. The van der Waals surface area contributed by atoms with E-state index in [1.54, 1.807) is 20.8 Å². The van der Waals surface area contributed by atoms with E-state index in [-0.39, 0.29) is 36.6 Å². The van der Waals surface area contributed by atoms with Gasteiger partial charge in [0, 0.05) is 6.04 Å². The summed E-state index contributed by atoms with van der Waals surface area (Å²) in [7, 11) is 1.03. The molecule has 0 aromatic heterocycles. The number of aliphatic hydroxyl groups excluding tert-OH is 2. The van der Waals surface area contributed by atoms with Crippen molar-refractivity contribution in [2.45, 2.75) is 106 Å². The second-order valence-corrected chi connectivity index (χ2v) is 12.3. The number of rotatable bonds is 13. The molecular weight excluding hydrogens is 502 g/mol. The van der Waals surface area contributed by atoms with Crippen molar-refractivity contribution in [3.8, 4) is 0 Å². The first-order valence-corrected chi connectivity index (χ1v) is 13.2. The van der Waals surface area contributed by atoms with Crippen LogP contribution in [0.4, 0.5) is 0 Å². The average molecular weight is 554 g/mol. The number of aliphatic hydroxyl groups is 2. The topological polar surface area (TPSA) is 192 Å². The quantitative estimate of drug-likeness (QED) is 0.168. The molecule has 0 bridgehead atoms.